The zero-order valence-electron chi connectivity index (χ0n) is 6.18. The van der Waals surface area contributed by atoms with Crippen molar-refractivity contribution >= 4 is 12.1 Å². The second kappa shape index (κ2) is 4.79. The highest BCUT2D eigenvalue weighted by Crippen LogP contribution is 1.91. The summed E-state index contributed by atoms with van der Waals surface area (Å²) in [7, 11) is 0. The third-order valence-electron chi connectivity index (χ3n) is 1.03. The molecule has 0 aliphatic rings. The van der Waals surface area contributed by atoms with Crippen LogP contribution in [0.2, 0.25) is 0 Å². The SMILES string of the molecule is N=C/C(C(=N)NN=N)=C(\N)NN. The lowest BCUT2D eigenvalue weighted by Gasteiger charge is -2.05. The molecule has 8 nitrogen and oxygen atoms in total. The van der Waals surface area contributed by atoms with Crippen molar-refractivity contribution in [1.82, 2.24) is 10.9 Å². The molecule has 8 heteroatoms. The van der Waals surface area contributed by atoms with Crippen molar-refractivity contribution in [3.63, 3.8) is 0 Å². The Morgan fingerprint density at radius 3 is 2.42 bits per heavy atom. The molecule has 0 rings (SSSR count). The quantitative estimate of drug-likeness (QED) is 0.0926. The zero-order chi connectivity index (χ0) is 9.56. The van der Waals surface area contributed by atoms with Crippen LogP contribution in [0.4, 0.5) is 0 Å². The predicted octanol–water partition coefficient (Wildman–Crippen LogP) is -1.22. The fraction of sp³-hybridized carbons (Fsp3) is 0. The summed E-state index contributed by atoms with van der Waals surface area (Å²) in [5.41, 5.74) is 15.8. The Kier molecular flexibility index (Phi) is 4.01. The molecule has 0 radical (unpaired) electrons. The molecule has 0 unspecified atom stereocenters. The number of nitrogens with zero attached hydrogens (tertiary/aromatic N) is 1. The van der Waals surface area contributed by atoms with E-state index in [0.717, 1.165) is 6.21 Å². The van der Waals surface area contributed by atoms with Crippen molar-refractivity contribution in [2.45, 2.75) is 0 Å². The Balaban J connectivity index is 4.65. The van der Waals surface area contributed by atoms with Crippen molar-refractivity contribution in [2.75, 3.05) is 0 Å². The van der Waals surface area contributed by atoms with E-state index >= 15 is 0 Å². The summed E-state index contributed by atoms with van der Waals surface area (Å²) in [6, 6.07) is 0. The first-order valence-corrected chi connectivity index (χ1v) is 2.85. The van der Waals surface area contributed by atoms with Crippen LogP contribution in [0.1, 0.15) is 0 Å². The van der Waals surface area contributed by atoms with E-state index in [0.29, 0.717) is 0 Å². The summed E-state index contributed by atoms with van der Waals surface area (Å²) < 4.78 is 0. The van der Waals surface area contributed by atoms with Gasteiger partial charge in [-0.3, -0.25) is 5.41 Å². The first-order valence-electron chi connectivity index (χ1n) is 2.85. The Hall–Kier alpha value is -1.96. The van der Waals surface area contributed by atoms with Crippen LogP contribution in [0.25, 0.3) is 0 Å². The fourth-order valence-electron chi connectivity index (χ4n) is 0.478. The second-order valence-electron chi connectivity index (χ2n) is 1.71. The number of rotatable bonds is 4. The van der Waals surface area contributed by atoms with Gasteiger partial charge in [0, 0.05) is 6.21 Å². The second-order valence-corrected chi connectivity index (χ2v) is 1.71. The van der Waals surface area contributed by atoms with Crippen LogP contribution in [0.3, 0.4) is 0 Å². The minimum atomic E-state index is -0.268. The normalized spacial score (nSPS) is 11.1. The van der Waals surface area contributed by atoms with Gasteiger partial charge in [0.15, 0.2) is 5.84 Å². The Bertz CT molecular complexity index is 227. The molecule has 0 aliphatic heterocycles. The lowest BCUT2D eigenvalue weighted by Crippen LogP contribution is -2.32. The van der Waals surface area contributed by atoms with Gasteiger partial charge in [0.05, 0.1) is 5.57 Å². The van der Waals surface area contributed by atoms with Gasteiger partial charge in [0.1, 0.15) is 5.82 Å². The van der Waals surface area contributed by atoms with Crippen molar-refractivity contribution < 1.29 is 0 Å². The van der Waals surface area contributed by atoms with E-state index in [4.69, 9.17) is 27.9 Å². The molecule has 0 bridgehead atoms. The molecule has 0 aromatic heterocycles. The third-order valence-corrected chi connectivity index (χ3v) is 1.03. The molecule has 0 aliphatic carbocycles. The maximum atomic E-state index is 7.17. The molecule has 0 heterocycles. The Morgan fingerprint density at radius 1 is 1.50 bits per heavy atom. The maximum Gasteiger partial charge on any atom is 0.152 e. The minimum Gasteiger partial charge on any atom is -0.384 e. The summed E-state index contributed by atoms with van der Waals surface area (Å²) >= 11 is 0. The Labute approximate surface area is 68.5 Å². The molecular formula is C4H10N8. The topological polar surface area (TPSA) is 160 Å². The van der Waals surface area contributed by atoms with E-state index < -0.39 is 0 Å². The smallest absolute Gasteiger partial charge is 0.152 e. The van der Waals surface area contributed by atoms with E-state index in [-0.39, 0.29) is 17.2 Å². The molecule has 0 saturated carbocycles. The van der Waals surface area contributed by atoms with Gasteiger partial charge >= 0.3 is 0 Å². The lowest BCUT2D eigenvalue weighted by atomic mass is 10.2. The predicted molar refractivity (Wildman–Crippen MR) is 43.3 cm³/mol. The van der Waals surface area contributed by atoms with Crippen molar-refractivity contribution in [3.05, 3.63) is 11.4 Å². The van der Waals surface area contributed by atoms with Gasteiger partial charge in [-0.05, 0) is 0 Å². The van der Waals surface area contributed by atoms with Crippen LogP contribution in [0, 0.1) is 16.3 Å². The number of nitrogens with one attached hydrogen (secondary N) is 5. The minimum absolute atomic E-state index is 0.0356. The number of hydrogen-bond donors (Lipinski definition) is 7. The molecular weight excluding hydrogens is 160 g/mol. The molecule has 0 saturated heterocycles. The van der Waals surface area contributed by atoms with Gasteiger partial charge in [-0.25, -0.2) is 11.3 Å². The summed E-state index contributed by atoms with van der Waals surface area (Å²) in [6.07, 6.45) is 0.829. The zero-order valence-corrected chi connectivity index (χ0v) is 6.18. The van der Waals surface area contributed by atoms with E-state index in [1.807, 2.05) is 5.43 Å². The molecule has 0 spiro atoms. The molecule has 66 valence electrons. The number of hydrazine groups is 1. The lowest BCUT2D eigenvalue weighted by molar-refractivity contribution is 0.842. The van der Waals surface area contributed by atoms with Crippen LogP contribution in [-0.4, -0.2) is 12.1 Å². The van der Waals surface area contributed by atoms with Gasteiger partial charge in [-0.15, -0.1) is 0 Å². The molecule has 0 amide bonds. The molecule has 12 heavy (non-hydrogen) atoms. The molecule has 0 aromatic rings. The summed E-state index contributed by atoms with van der Waals surface area (Å²) in [6.45, 7) is 0. The molecule has 0 fully saturated rings. The Morgan fingerprint density at radius 2 is 2.08 bits per heavy atom. The summed E-state index contributed by atoms with van der Waals surface area (Å²) in [5.74, 6) is 4.64. The fourth-order valence-corrected chi connectivity index (χ4v) is 0.478. The standard InChI is InChI=1S/C4H10N8/c5-1-2(3(6)10-8)4(7)11-12-9/h1,5,10H,6,8H2,(H3,7,9,11)/b3-2-,5-1?. The van der Waals surface area contributed by atoms with Gasteiger partial charge in [0.25, 0.3) is 0 Å². The number of amidine groups is 1. The largest absolute Gasteiger partial charge is 0.384 e. The maximum absolute atomic E-state index is 7.17. The highest BCUT2D eigenvalue weighted by Gasteiger charge is 2.05. The van der Waals surface area contributed by atoms with Crippen LogP contribution < -0.4 is 22.4 Å². The van der Waals surface area contributed by atoms with E-state index in [1.54, 1.807) is 0 Å². The first-order chi connectivity index (χ1) is 5.67. The third kappa shape index (κ3) is 2.34. The number of hydrogen-bond acceptors (Lipinski definition) is 7. The summed E-state index contributed by atoms with van der Waals surface area (Å²) in [5, 5.41) is 16.8. The van der Waals surface area contributed by atoms with E-state index in [1.165, 1.54) is 0 Å². The average molecular weight is 170 g/mol. The van der Waals surface area contributed by atoms with Gasteiger partial charge < -0.3 is 16.6 Å². The van der Waals surface area contributed by atoms with Crippen LogP contribution in [0.15, 0.2) is 16.6 Å². The number of nitrogens with two attached hydrogens (primary N) is 2. The van der Waals surface area contributed by atoms with Crippen LogP contribution in [0.5, 0.6) is 0 Å². The van der Waals surface area contributed by atoms with Crippen LogP contribution >= 0.6 is 0 Å². The van der Waals surface area contributed by atoms with Crippen molar-refractivity contribution in [3.8, 4) is 0 Å². The first kappa shape index (κ1) is 10.0. The summed E-state index contributed by atoms with van der Waals surface area (Å²) in [4.78, 5) is 0. The van der Waals surface area contributed by atoms with E-state index in [9.17, 15) is 0 Å². The van der Waals surface area contributed by atoms with Gasteiger partial charge in [0.2, 0.25) is 0 Å². The highest BCUT2D eigenvalue weighted by molar-refractivity contribution is 6.13. The van der Waals surface area contributed by atoms with Gasteiger partial charge in [-0.2, -0.15) is 5.53 Å². The molecule has 0 aromatic carbocycles. The molecule has 9 N–H and O–H groups in total. The van der Waals surface area contributed by atoms with Crippen molar-refractivity contribution in [2.24, 2.45) is 16.8 Å². The highest BCUT2D eigenvalue weighted by atomic mass is 15.4. The monoisotopic (exact) mass is 170 g/mol. The van der Waals surface area contributed by atoms with Crippen LogP contribution in [-0.2, 0) is 0 Å². The average Bonchev–Trinajstić information content (AvgIpc) is 2.06. The van der Waals surface area contributed by atoms with Crippen molar-refractivity contribution in [1.29, 1.82) is 16.3 Å². The molecule has 0 atom stereocenters. The van der Waals surface area contributed by atoms with E-state index in [2.05, 4.69) is 10.6 Å². The van der Waals surface area contributed by atoms with Gasteiger partial charge in [-0.1, -0.05) is 5.22 Å².